The maximum Gasteiger partial charge on any atom is 0.244 e. The van der Waals surface area contributed by atoms with Gasteiger partial charge in [0.25, 0.3) is 0 Å². The second kappa shape index (κ2) is 7.94. The molecule has 0 spiro atoms. The summed E-state index contributed by atoms with van der Waals surface area (Å²) in [6.07, 6.45) is 1.85. The van der Waals surface area contributed by atoms with Crippen molar-refractivity contribution < 1.29 is 9.53 Å². The number of methoxy groups -OCH3 is 1. The van der Waals surface area contributed by atoms with Gasteiger partial charge in [-0.2, -0.15) is 5.10 Å². The van der Waals surface area contributed by atoms with Gasteiger partial charge in [-0.3, -0.25) is 4.79 Å². The third kappa shape index (κ3) is 4.25. The lowest BCUT2D eigenvalue weighted by atomic mass is 10.0. The lowest BCUT2D eigenvalue weighted by Crippen LogP contribution is -2.20. The van der Waals surface area contributed by atoms with Crippen molar-refractivity contribution in [2.24, 2.45) is 5.10 Å². The summed E-state index contributed by atoms with van der Waals surface area (Å²) in [4.78, 5) is 12.2. The van der Waals surface area contributed by atoms with Crippen LogP contribution in [-0.2, 0) is 11.2 Å². The first-order chi connectivity index (χ1) is 12.2. The van der Waals surface area contributed by atoms with Crippen molar-refractivity contribution in [1.82, 2.24) is 5.43 Å². The molecule has 4 nitrogen and oxygen atoms in total. The minimum atomic E-state index is -0.165. The van der Waals surface area contributed by atoms with Gasteiger partial charge in [0.15, 0.2) is 0 Å². The highest BCUT2D eigenvalue weighted by molar-refractivity contribution is 9.10. The Morgan fingerprint density at radius 1 is 1.16 bits per heavy atom. The van der Waals surface area contributed by atoms with Gasteiger partial charge in [0, 0.05) is 10.0 Å². The van der Waals surface area contributed by atoms with Crippen molar-refractivity contribution in [1.29, 1.82) is 0 Å². The predicted molar refractivity (Wildman–Crippen MR) is 104 cm³/mol. The molecule has 0 saturated carbocycles. The minimum Gasteiger partial charge on any atom is -0.496 e. The predicted octanol–water partition coefficient (Wildman–Crippen LogP) is 4.30. The maximum atomic E-state index is 12.2. The van der Waals surface area contributed by atoms with Gasteiger partial charge in [0.1, 0.15) is 5.75 Å². The smallest absolute Gasteiger partial charge is 0.244 e. The molecule has 5 heteroatoms. The van der Waals surface area contributed by atoms with Crippen molar-refractivity contribution in [2.45, 2.75) is 6.42 Å². The Bertz CT molecular complexity index is 933. The first-order valence-corrected chi connectivity index (χ1v) is 8.59. The molecule has 0 aliphatic heterocycles. The van der Waals surface area contributed by atoms with Crippen LogP contribution >= 0.6 is 15.9 Å². The number of carbonyl (C=O) groups excluding carboxylic acids is 1. The molecular formula is C20H17BrN2O2. The van der Waals surface area contributed by atoms with E-state index >= 15 is 0 Å². The summed E-state index contributed by atoms with van der Waals surface area (Å²) in [5.41, 5.74) is 4.33. The fourth-order valence-electron chi connectivity index (χ4n) is 2.64. The first-order valence-electron chi connectivity index (χ1n) is 7.79. The number of nitrogens with one attached hydrogen (secondary N) is 1. The van der Waals surface area contributed by atoms with Crippen LogP contribution in [0.4, 0.5) is 0 Å². The summed E-state index contributed by atoms with van der Waals surface area (Å²) in [6.45, 7) is 0. The number of benzene rings is 3. The highest BCUT2D eigenvalue weighted by atomic mass is 79.9. The third-order valence-electron chi connectivity index (χ3n) is 3.82. The Hall–Kier alpha value is -2.66. The van der Waals surface area contributed by atoms with Gasteiger partial charge in [-0.15, -0.1) is 0 Å². The Labute approximate surface area is 154 Å². The molecule has 3 aromatic carbocycles. The summed E-state index contributed by atoms with van der Waals surface area (Å²) in [5.74, 6) is 0.525. The number of halogens is 1. The van der Waals surface area contributed by atoms with Crippen LogP contribution in [0.1, 0.15) is 11.1 Å². The number of amides is 1. The van der Waals surface area contributed by atoms with Crippen LogP contribution in [0, 0.1) is 0 Å². The Morgan fingerprint density at radius 3 is 2.80 bits per heavy atom. The fourth-order valence-corrected chi connectivity index (χ4v) is 3.02. The molecule has 0 fully saturated rings. The van der Waals surface area contributed by atoms with Gasteiger partial charge < -0.3 is 4.74 Å². The highest BCUT2D eigenvalue weighted by Crippen LogP contribution is 2.21. The van der Waals surface area contributed by atoms with E-state index in [0.717, 1.165) is 26.4 Å². The number of hydrogen-bond donors (Lipinski definition) is 1. The van der Waals surface area contributed by atoms with E-state index in [4.69, 9.17) is 4.74 Å². The number of fused-ring (bicyclic) bond motifs is 1. The summed E-state index contributed by atoms with van der Waals surface area (Å²) >= 11 is 3.41. The lowest BCUT2D eigenvalue weighted by Gasteiger charge is -2.06. The highest BCUT2D eigenvalue weighted by Gasteiger charge is 2.06. The second-order valence-electron chi connectivity index (χ2n) is 5.49. The summed E-state index contributed by atoms with van der Waals surface area (Å²) in [5, 5.41) is 6.24. The molecule has 0 aliphatic rings. The van der Waals surface area contributed by atoms with Crippen molar-refractivity contribution in [3.63, 3.8) is 0 Å². The molecule has 0 aliphatic carbocycles. The van der Waals surface area contributed by atoms with Crippen molar-refractivity contribution in [3.8, 4) is 5.75 Å². The molecule has 1 N–H and O–H groups in total. The standard InChI is InChI=1S/C20H17BrN2O2/c1-25-19-10-9-17(21)11-16(19)13-22-23-20(24)12-15-7-4-6-14-5-2-3-8-18(14)15/h2-11,13H,12H2,1H3,(H,23,24)/b22-13+. The van der Waals surface area contributed by atoms with Crippen LogP contribution in [0.25, 0.3) is 10.8 Å². The third-order valence-corrected chi connectivity index (χ3v) is 4.31. The molecule has 0 unspecified atom stereocenters. The van der Waals surface area contributed by atoms with E-state index in [-0.39, 0.29) is 12.3 Å². The molecule has 1 amide bonds. The van der Waals surface area contributed by atoms with E-state index in [9.17, 15) is 4.79 Å². The average molecular weight is 397 g/mol. The number of nitrogens with zero attached hydrogens (tertiary/aromatic N) is 1. The van der Waals surface area contributed by atoms with Crippen LogP contribution in [0.2, 0.25) is 0 Å². The van der Waals surface area contributed by atoms with E-state index in [2.05, 4.69) is 26.5 Å². The van der Waals surface area contributed by atoms with Crippen LogP contribution in [-0.4, -0.2) is 19.2 Å². The normalized spacial score (nSPS) is 11.0. The monoisotopic (exact) mass is 396 g/mol. The molecular weight excluding hydrogens is 380 g/mol. The zero-order valence-electron chi connectivity index (χ0n) is 13.7. The zero-order chi connectivity index (χ0) is 17.6. The van der Waals surface area contributed by atoms with E-state index in [0.29, 0.717) is 5.75 Å². The minimum absolute atomic E-state index is 0.165. The number of hydrogen-bond acceptors (Lipinski definition) is 3. The summed E-state index contributed by atoms with van der Waals surface area (Å²) in [7, 11) is 1.60. The first kappa shape index (κ1) is 17.2. The lowest BCUT2D eigenvalue weighted by molar-refractivity contribution is -0.120. The molecule has 3 aromatic rings. The van der Waals surface area contributed by atoms with Crippen molar-refractivity contribution in [2.75, 3.05) is 7.11 Å². The van der Waals surface area contributed by atoms with Gasteiger partial charge >= 0.3 is 0 Å². The summed E-state index contributed by atoms with van der Waals surface area (Å²) in [6, 6.07) is 19.6. The number of hydrazone groups is 1. The van der Waals surface area contributed by atoms with Gasteiger partial charge in [-0.25, -0.2) is 5.43 Å². The molecule has 126 valence electrons. The molecule has 3 rings (SSSR count). The van der Waals surface area contributed by atoms with E-state index in [1.54, 1.807) is 13.3 Å². The topological polar surface area (TPSA) is 50.7 Å². The van der Waals surface area contributed by atoms with E-state index < -0.39 is 0 Å². The molecule has 0 heterocycles. The largest absolute Gasteiger partial charge is 0.496 e. The van der Waals surface area contributed by atoms with Crippen LogP contribution in [0.15, 0.2) is 70.2 Å². The Balaban J connectivity index is 1.70. The fraction of sp³-hybridized carbons (Fsp3) is 0.100. The zero-order valence-corrected chi connectivity index (χ0v) is 15.3. The van der Waals surface area contributed by atoms with Gasteiger partial charge in [0.2, 0.25) is 5.91 Å². The number of ether oxygens (including phenoxy) is 1. The SMILES string of the molecule is COc1ccc(Br)cc1/C=N/NC(=O)Cc1cccc2ccccc12. The van der Waals surface area contributed by atoms with Crippen LogP contribution < -0.4 is 10.2 Å². The van der Waals surface area contributed by atoms with Crippen molar-refractivity contribution in [3.05, 3.63) is 76.3 Å². The maximum absolute atomic E-state index is 12.2. The average Bonchev–Trinajstić information content (AvgIpc) is 2.62. The second-order valence-corrected chi connectivity index (χ2v) is 6.41. The molecule has 0 atom stereocenters. The van der Waals surface area contributed by atoms with Gasteiger partial charge in [-0.05, 0) is 34.5 Å². The number of carbonyl (C=O) groups is 1. The van der Waals surface area contributed by atoms with Crippen LogP contribution in [0.3, 0.4) is 0 Å². The van der Waals surface area contributed by atoms with Gasteiger partial charge in [0.05, 0.1) is 19.7 Å². The van der Waals surface area contributed by atoms with E-state index in [1.165, 1.54) is 0 Å². The molecule has 0 saturated heterocycles. The molecule has 25 heavy (non-hydrogen) atoms. The van der Waals surface area contributed by atoms with E-state index in [1.807, 2.05) is 60.7 Å². The van der Waals surface area contributed by atoms with Gasteiger partial charge in [-0.1, -0.05) is 58.4 Å². The van der Waals surface area contributed by atoms with Crippen LogP contribution in [0.5, 0.6) is 5.75 Å². The molecule has 0 aromatic heterocycles. The Kier molecular flexibility index (Phi) is 5.46. The van der Waals surface area contributed by atoms with Crippen molar-refractivity contribution >= 4 is 38.8 Å². The summed E-state index contributed by atoms with van der Waals surface area (Å²) < 4.78 is 6.19. The number of rotatable bonds is 5. The quantitative estimate of drug-likeness (QED) is 0.516. The molecule has 0 radical (unpaired) electrons. The molecule has 0 bridgehead atoms. The Morgan fingerprint density at radius 2 is 1.96 bits per heavy atom.